The summed E-state index contributed by atoms with van der Waals surface area (Å²) in [5.41, 5.74) is 2.63. The molecule has 110 valence electrons. The van der Waals surface area contributed by atoms with Crippen molar-refractivity contribution in [3.63, 3.8) is 0 Å². The third-order valence-corrected chi connectivity index (χ3v) is 2.85. The van der Waals surface area contributed by atoms with Gasteiger partial charge in [-0.25, -0.2) is 19.9 Å². The summed E-state index contributed by atoms with van der Waals surface area (Å²) < 4.78 is 5.66. The van der Waals surface area contributed by atoms with E-state index >= 15 is 0 Å². The Morgan fingerprint density at radius 3 is 2.18 bits per heavy atom. The molecule has 0 spiro atoms. The van der Waals surface area contributed by atoms with Gasteiger partial charge < -0.3 is 10.1 Å². The summed E-state index contributed by atoms with van der Waals surface area (Å²) >= 11 is 0. The number of hydrogen-bond donors (Lipinski definition) is 1. The van der Waals surface area contributed by atoms with Crippen LogP contribution in [0, 0.1) is 13.8 Å². The van der Waals surface area contributed by atoms with Crippen molar-refractivity contribution in [2.45, 2.75) is 13.8 Å². The molecule has 0 aliphatic rings. The molecule has 3 aromatic rings. The van der Waals surface area contributed by atoms with Crippen LogP contribution < -0.4 is 10.1 Å². The molecule has 6 heteroatoms. The molecule has 3 rings (SSSR count). The van der Waals surface area contributed by atoms with E-state index in [1.54, 1.807) is 18.5 Å². The molecule has 1 aromatic carbocycles. The molecule has 0 radical (unpaired) electrons. The largest absolute Gasteiger partial charge is 0.424 e. The van der Waals surface area contributed by atoms with Crippen molar-refractivity contribution in [1.82, 2.24) is 19.9 Å². The Kier molecular flexibility index (Phi) is 3.91. The SMILES string of the molecule is Cc1cc(C)nc(Oc2ccc(Nc3ncccn3)cc2)n1. The normalized spacial score (nSPS) is 10.3. The molecule has 1 N–H and O–H groups in total. The second kappa shape index (κ2) is 6.17. The number of aromatic nitrogens is 4. The summed E-state index contributed by atoms with van der Waals surface area (Å²) in [7, 11) is 0. The van der Waals surface area contributed by atoms with Crippen molar-refractivity contribution in [2.24, 2.45) is 0 Å². The van der Waals surface area contributed by atoms with Gasteiger partial charge in [-0.05, 0) is 50.2 Å². The molecule has 0 fully saturated rings. The molecular weight excluding hydrogens is 278 g/mol. The van der Waals surface area contributed by atoms with E-state index in [4.69, 9.17) is 4.74 Å². The summed E-state index contributed by atoms with van der Waals surface area (Å²) in [6.07, 6.45) is 3.37. The van der Waals surface area contributed by atoms with E-state index in [9.17, 15) is 0 Å². The molecule has 0 amide bonds. The van der Waals surface area contributed by atoms with Gasteiger partial charge in [0.1, 0.15) is 5.75 Å². The van der Waals surface area contributed by atoms with Crippen LogP contribution in [-0.2, 0) is 0 Å². The predicted molar refractivity (Wildman–Crippen MR) is 83.3 cm³/mol. The molecule has 2 aromatic heterocycles. The Balaban J connectivity index is 1.71. The van der Waals surface area contributed by atoms with Gasteiger partial charge in [0.2, 0.25) is 5.95 Å². The third kappa shape index (κ3) is 3.54. The highest BCUT2D eigenvalue weighted by Crippen LogP contribution is 2.21. The van der Waals surface area contributed by atoms with Gasteiger partial charge in [0.25, 0.3) is 0 Å². The first-order chi connectivity index (χ1) is 10.7. The van der Waals surface area contributed by atoms with Crippen LogP contribution in [-0.4, -0.2) is 19.9 Å². The number of hydrogen-bond acceptors (Lipinski definition) is 6. The van der Waals surface area contributed by atoms with Crippen molar-refractivity contribution in [2.75, 3.05) is 5.32 Å². The van der Waals surface area contributed by atoms with Gasteiger partial charge >= 0.3 is 6.01 Å². The smallest absolute Gasteiger partial charge is 0.322 e. The Hall–Kier alpha value is -3.02. The minimum absolute atomic E-state index is 0.351. The molecule has 0 saturated heterocycles. The first-order valence-electron chi connectivity index (χ1n) is 6.83. The van der Waals surface area contributed by atoms with Gasteiger partial charge in [-0.3, -0.25) is 0 Å². The minimum atomic E-state index is 0.351. The maximum absolute atomic E-state index is 5.66. The first kappa shape index (κ1) is 13.9. The molecule has 6 nitrogen and oxygen atoms in total. The van der Waals surface area contributed by atoms with Gasteiger partial charge in [-0.1, -0.05) is 0 Å². The molecule has 0 aliphatic heterocycles. The average molecular weight is 293 g/mol. The quantitative estimate of drug-likeness (QED) is 0.794. The lowest BCUT2D eigenvalue weighted by molar-refractivity contribution is 0.439. The summed E-state index contributed by atoms with van der Waals surface area (Å²) in [6.45, 7) is 3.82. The van der Waals surface area contributed by atoms with E-state index in [2.05, 4.69) is 25.3 Å². The zero-order valence-corrected chi connectivity index (χ0v) is 12.3. The lowest BCUT2D eigenvalue weighted by atomic mass is 10.3. The number of rotatable bonds is 4. The van der Waals surface area contributed by atoms with Gasteiger partial charge in [0.05, 0.1) is 0 Å². The number of anilines is 2. The molecule has 0 saturated carbocycles. The number of nitrogens with one attached hydrogen (secondary N) is 1. The van der Waals surface area contributed by atoms with Gasteiger partial charge in [-0.15, -0.1) is 0 Å². The van der Waals surface area contributed by atoms with Crippen LogP contribution in [0.1, 0.15) is 11.4 Å². The van der Waals surface area contributed by atoms with E-state index in [-0.39, 0.29) is 0 Å². The fourth-order valence-corrected chi connectivity index (χ4v) is 1.94. The van der Waals surface area contributed by atoms with Crippen LogP contribution in [0.3, 0.4) is 0 Å². The second-order valence-corrected chi connectivity index (χ2v) is 4.76. The Bertz CT molecular complexity index is 739. The van der Waals surface area contributed by atoms with Gasteiger partial charge in [0, 0.05) is 29.5 Å². The van der Waals surface area contributed by atoms with Crippen LogP contribution in [0.15, 0.2) is 48.8 Å². The van der Waals surface area contributed by atoms with Gasteiger partial charge in [0.15, 0.2) is 0 Å². The first-order valence-corrected chi connectivity index (χ1v) is 6.83. The van der Waals surface area contributed by atoms with Crippen LogP contribution >= 0.6 is 0 Å². The average Bonchev–Trinajstić information content (AvgIpc) is 2.49. The summed E-state index contributed by atoms with van der Waals surface area (Å²) in [5, 5.41) is 3.10. The number of nitrogens with zero attached hydrogens (tertiary/aromatic N) is 4. The van der Waals surface area contributed by atoms with E-state index in [0.717, 1.165) is 17.1 Å². The summed E-state index contributed by atoms with van der Waals surface area (Å²) in [6, 6.07) is 11.5. The fraction of sp³-hybridized carbons (Fsp3) is 0.125. The van der Waals surface area contributed by atoms with E-state index < -0.39 is 0 Å². The van der Waals surface area contributed by atoms with Crippen molar-refractivity contribution in [3.8, 4) is 11.8 Å². The molecular formula is C16H15N5O. The fourth-order valence-electron chi connectivity index (χ4n) is 1.94. The maximum Gasteiger partial charge on any atom is 0.322 e. The van der Waals surface area contributed by atoms with Crippen LogP contribution in [0.25, 0.3) is 0 Å². The molecule has 0 aliphatic carbocycles. The highest BCUT2D eigenvalue weighted by atomic mass is 16.5. The zero-order valence-electron chi connectivity index (χ0n) is 12.3. The van der Waals surface area contributed by atoms with Crippen molar-refractivity contribution >= 4 is 11.6 Å². The Morgan fingerprint density at radius 1 is 0.909 bits per heavy atom. The number of benzene rings is 1. The minimum Gasteiger partial charge on any atom is -0.424 e. The van der Waals surface area contributed by atoms with Crippen LogP contribution in [0.4, 0.5) is 11.6 Å². The molecule has 2 heterocycles. The second-order valence-electron chi connectivity index (χ2n) is 4.76. The van der Waals surface area contributed by atoms with Crippen LogP contribution in [0.2, 0.25) is 0 Å². The monoisotopic (exact) mass is 293 g/mol. The molecule has 0 atom stereocenters. The predicted octanol–water partition coefficient (Wildman–Crippen LogP) is 3.42. The van der Waals surface area contributed by atoms with Crippen LogP contribution in [0.5, 0.6) is 11.8 Å². The van der Waals surface area contributed by atoms with E-state index in [1.807, 2.05) is 44.2 Å². The highest BCUT2D eigenvalue weighted by molar-refractivity contribution is 5.54. The lowest BCUT2D eigenvalue weighted by Gasteiger charge is -2.07. The van der Waals surface area contributed by atoms with Crippen molar-refractivity contribution < 1.29 is 4.74 Å². The lowest BCUT2D eigenvalue weighted by Crippen LogP contribution is -1.97. The van der Waals surface area contributed by atoms with Crippen molar-refractivity contribution in [1.29, 1.82) is 0 Å². The maximum atomic E-state index is 5.66. The van der Waals surface area contributed by atoms with Gasteiger partial charge in [-0.2, -0.15) is 0 Å². The standard InChI is InChI=1S/C16H15N5O/c1-11-10-12(2)20-16(19-11)22-14-6-4-13(5-7-14)21-15-17-8-3-9-18-15/h3-10H,1-2H3,(H,17,18,21). The highest BCUT2D eigenvalue weighted by Gasteiger charge is 2.03. The zero-order chi connectivity index (χ0) is 15.4. The summed E-state index contributed by atoms with van der Waals surface area (Å²) in [5.74, 6) is 1.22. The molecule has 0 bridgehead atoms. The Labute approximate surface area is 128 Å². The third-order valence-electron chi connectivity index (χ3n) is 2.85. The number of ether oxygens (including phenoxy) is 1. The number of aryl methyl sites for hydroxylation is 2. The van der Waals surface area contributed by atoms with Crippen molar-refractivity contribution in [3.05, 3.63) is 60.2 Å². The van der Waals surface area contributed by atoms with E-state index in [0.29, 0.717) is 17.7 Å². The molecule has 0 unspecified atom stereocenters. The summed E-state index contributed by atoms with van der Waals surface area (Å²) in [4.78, 5) is 16.7. The van der Waals surface area contributed by atoms with E-state index in [1.165, 1.54) is 0 Å². The topological polar surface area (TPSA) is 72.8 Å². The molecule has 22 heavy (non-hydrogen) atoms. The Morgan fingerprint density at radius 2 is 1.55 bits per heavy atom.